The van der Waals surface area contributed by atoms with Gasteiger partial charge in [0.2, 0.25) is 5.56 Å². The Labute approximate surface area is 108 Å². The van der Waals surface area contributed by atoms with Crippen LogP contribution in [-0.2, 0) is 6.42 Å². The second-order valence-electron chi connectivity index (χ2n) is 5.95. The van der Waals surface area contributed by atoms with Crippen LogP contribution in [0.25, 0.3) is 0 Å². The van der Waals surface area contributed by atoms with Gasteiger partial charge in [0.25, 0.3) is 0 Å². The molecule has 0 amide bonds. The molecule has 2 aliphatic carbocycles. The SMILES string of the molecule is CC(CC1CC1)NC1CCCc2[nH]c(=O)ccc21. The van der Waals surface area contributed by atoms with Gasteiger partial charge in [-0.3, -0.25) is 4.79 Å². The Kier molecular flexibility index (Phi) is 3.25. The molecule has 2 atom stereocenters. The van der Waals surface area contributed by atoms with E-state index in [1.54, 1.807) is 6.07 Å². The van der Waals surface area contributed by atoms with E-state index >= 15 is 0 Å². The third-order valence-electron chi connectivity index (χ3n) is 4.20. The van der Waals surface area contributed by atoms with Crippen LogP contribution in [0.2, 0.25) is 0 Å². The molecule has 3 rings (SSSR count). The molecule has 0 aromatic carbocycles. The van der Waals surface area contributed by atoms with Crippen molar-refractivity contribution in [2.24, 2.45) is 5.92 Å². The molecule has 3 nitrogen and oxygen atoms in total. The Balaban J connectivity index is 1.71. The summed E-state index contributed by atoms with van der Waals surface area (Å²) in [5.41, 5.74) is 2.48. The summed E-state index contributed by atoms with van der Waals surface area (Å²) >= 11 is 0. The van der Waals surface area contributed by atoms with Gasteiger partial charge in [-0.05, 0) is 44.1 Å². The van der Waals surface area contributed by atoms with Crippen LogP contribution in [0.15, 0.2) is 16.9 Å². The summed E-state index contributed by atoms with van der Waals surface area (Å²) in [6.45, 7) is 2.29. The monoisotopic (exact) mass is 246 g/mol. The van der Waals surface area contributed by atoms with Gasteiger partial charge in [-0.25, -0.2) is 0 Å². The third kappa shape index (κ3) is 2.66. The number of aryl methyl sites for hydroxylation is 1. The highest BCUT2D eigenvalue weighted by Gasteiger charge is 2.26. The Bertz CT molecular complexity index is 476. The van der Waals surface area contributed by atoms with Crippen LogP contribution >= 0.6 is 0 Å². The maximum Gasteiger partial charge on any atom is 0.248 e. The molecular weight excluding hydrogens is 224 g/mol. The third-order valence-corrected chi connectivity index (χ3v) is 4.20. The van der Waals surface area contributed by atoms with Crippen LogP contribution in [0.4, 0.5) is 0 Å². The van der Waals surface area contributed by atoms with Crippen molar-refractivity contribution in [2.45, 2.75) is 57.5 Å². The van der Waals surface area contributed by atoms with Crippen molar-refractivity contribution in [3.63, 3.8) is 0 Å². The van der Waals surface area contributed by atoms with Gasteiger partial charge in [-0.15, -0.1) is 0 Å². The topological polar surface area (TPSA) is 44.9 Å². The number of hydrogen-bond donors (Lipinski definition) is 2. The molecule has 1 heterocycles. The Hall–Kier alpha value is -1.09. The zero-order valence-corrected chi connectivity index (χ0v) is 11.0. The molecule has 1 saturated carbocycles. The normalized spacial score (nSPS) is 24.6. The van der Waals surface area contributed by atoms with Gasteiger partial charge in [-0.2, -0.15) is 0 Å². The first-order valence-electron chi connectivity index (χ1n) is 7.20. The van der Waals surface area contributed by atoms with Crippen LogP contribution in [0.1, 0.15) is 56.3 Å². The molecular formula is C15H22N2O. The van der Waals surface area contributed by atoms with Crippen molar-refractivity contribution in [3.05, 3.63) is 33.7 Å². The van der Waals surface area contributed by atoms with Gasteiger partial charge in [0.1, 0.15) is 0 Å². The summed E-state index contributed by atoms with van der Waals surface area (Å²) in [7, 11) is 0. The van der Waals surface area contributed by atoms with E-state index in [0.29, 0.717) is 12.1 Å². The maximum atomic E-state index is 11.3. The average Bonchev–Trinajstić information content (AvgIpc) is 3.12. The number of H-pyrrole nitrogens is 1. The maximum absolute atomic E-state index is 11.3. The lowest BCUT2D eigenvalue weighted by molar-refractivity contribution is 0.382. The average molecular weight is 246 g/mol. The van der Waals surface area contributed by atoms with Gasteiger partial charge in [0.05, 0.1) is 0 Å². The molecule has 1 fully saturated rings. The number of rotatable bonds is 4. The predicted octanol–water partition coefficient (Wildman–Crippen LogP) is 2.53. The zero-order valence-electron chi connectivity index (χ0n) is 11.0. The summed E-state index contributed by atoms with van der Waals surface area (Å²) in [5.74, 6) is 0.964. The van der Waals surface area contributed by atoms with Gasteiger partial charge in [0, 0.05) is 23.8 Å². The fourth-order valence-corrected chi connectivity index (χ4v) is 3.14. The molecule has 18 heavy (non-hydrogen) atoms. The zero-order chi connectivity index (χ0) is 12.5. The van der Waals surface area contributed by atoms with Crippen LogP contribution in [-0.4, -0.2) is 11.0 Å². The molecule has 0 spiro atoms. The molecule has 1 aromatic rings. The van der Waals surface area contributed by atoms with Crippen LogP contribution in [0.5, 0.6) is 0 Å². The van der Waals surface area contributed by atoms with Crippen molar-refractivity contribution < 1.29 is 0 Å². The van der Waals surface area contributed by atoms with E-state index in [0.717, 1.165) is 18.0 Å². The van der Waals surface area contributed by atoms with Crippen molar-refractivity contribution in [2.75, 3.05) is 0 Å². The number of aromatic amines is 1. The quantitative estimate of drug-likeness (QED) is 0.857. The first-order valence-corrected chi connectivity index (χ1v) is 7.20. The summed E-state index contributed by atoms with van der Waals surface area (Å²) in [4.78, 5) is 14.3. The predicted molar refractivity (Wildman–Crippen MR) is 72.7 cm³/mol. The Morgan fingerprint density at radius 3 is 3.00 bits per heavy atom. The van der Waals surface area contributed by atoms with E-state index in [4.69, 9.17) is 0 Å². The molecule has 2 unspecified atom stereocenters. The molecule has 0 saturated heterocycles. The number of nitrogens with one attached hydrogen (secondary N) is 2. The van der Waals surface area contributed by atoms with E-state index in [1.165, 1.54) is 37.7 Å². The summed E-state index contributed by atoms with van der Waals surface area (Å²) in [6.07, 6.45) is 7.51. The van der Waals surface area contributed by atoms with E-state index in [2.05, 4.69) is 17.2 Å². The Morgan fingerprint density at radius 1 is 1.39 bits per heavy atom. The lowest BCUT2D eigenvalue weighted by Gasteiger charge is -2.29. The van der Waals surface area contributed by atoms with Crippen molar-refractivity contribution >= 4 is 0 Å². The number of hydrogen-bond acceptors (Lipinski definition) is 2. The second-order valence-corrected chi connectivity index (χ2v) is 5.95. The highest BCUT2D eigenvalue weighted by molar-refractivity contribution is 5.26. The molecule has 2 N–H and O–H groups in total. The van der Waals surface area contributed by atoms with Gasteiger partial charge in [-0.1, -0.05) is 18.9 Å². The standard InChI is InChI=1S/C15H22N2O/c1-10(9-11-5-6-11)16-13-3-2-4-14-12(13)7-8-15(18)17-14/h7-8,10-11,13,16H,2-6,9H2,1H3,(H,17,18). The summed E-state index contributed by atoms with van der Waals surface area (Å²) in [5, 5.41) is 3.74. The molecule has 3 heteroatoms. The molecule has 0 bridgehead atoms. The van der Waals surface area contributed by atoms with Crippen molar-refractivity contribution in [1.29, 1.82) is 0 Å². The number of fused-ring (bicyclic) bond motifs is 1. The summed E-state index contributed by atoms with van der Waals surface area (Å²) in [6, 6.07) is 4.68. The van der Waals surface area contributed by atoms with Gasteiger partial charge in [0.15, 0.2) is 0 Å². The highest BCUT2D eigenvalue weighted by atomic mass is 16.1. The molecule has 2 aliphatic rings. The molecule has 98 valence electrons. The fourth-order valence-electron chi connectivity index (χ4n) is 3.14. The Morgan fingerprint density at radius 2 is 2.22 bits per heavy atom. The van der Waals surface area contributed by atoms with Crippen LogP contribution in [0, 0.1) is 5.92 Å². The van der Waals surface area contributed by atoms with Crippen LogP contribution in [0.3, 0.4) is 0 Å². The minimum Gasteiger partial charge on any atom is -0.326 e. The number of aromatic nitrogens is 1. The van der Waals surface area contributed by atoms with E-state index in [1.807, 2.05) is 6.07 Å². The van der Waals surface area contributed by atoms with Crippen LogP contribution < -0.4 is 10.9 Å². The van der Waals surface area contributed by atoms with Crippen molar-refractivity contribution in [1.82, 2.24) is 10.3 Å². The van der Waals surface area contributed by atoms with E-state index < -0.39 is 0 Å². The second kappa shape index (κ2) is 4.88. The summed E-state index contributed by atoms with van der Waals surface area (Å²) < 4.78 is 0. The minimum absolute atomic E-state index is 0.0282. The largest absolute Gasteiger partial charge is 0.326 e. The number of pyridine rings is 1. The smallest absolute Gasteiger partial charge is 0.248 e. The fraction of sp³-hybridized carbons (Fsp3) is 0.667. The lowest BCUT2D eigenvalue weighted by Crippen LogP contribution is -2.34. The molecule has 1 aromatic heterocycles. The van der Waals surface area contributed by atoms with Gasteiger partial charge < -0.3 is 10.3 Å². The lowest BCUT2D eigenvalue weighted by atomic mass is 9.90. The highest BCUT2D eigenvalue weighted by Crippen LogP contribution is 2.35. The first kappa shape index (κ1) is 12.0. The first-order chi connectivity index (χ1) is 8.72. The van der Waals surface area contributed by atoms with E-state index in [9.17, 15) is 4.79 Å². The van der Waals surface area contributed by atoms with Gasteiger partial charge >= 0.3 is 0 Å². The van der Waals surface area contributed by atoms with Crippen molar-refractivity contribution in [3.8, 4) is 0 Å². The molecule has 0 radical (unpaired) electrons. The molecule has 0 aliphatic heterocycles. The van der Waals surface area contributed by atoms with E-state index in [-0.39, 0.29) is 5.56 Å². The minimum atomic E-state index is 0.0282.